The SMILES string of the molecule is O=S(=O)(Cl)N=C1C[C@]23CCCC[C@]2(CCc2ccccc23)O1. The van der Waals surface area contributed by atoms with Gasteiger partial charge in [0.1, 0.15) is 5.60 Å². The Morgan fingerprint density at radius 2 is 1.91 bits per heavy atom. The van der Waals surface area contributed by atoms with Crippen LogP contribution in [0.15, 0.2) is 28.7 Å². The van der Waals surface area contributed by atoms with E-state index in [0.717, 1.165) is 38.5 Å². The highest BCUT2D eigenvalue weighted by Crippen LogP contribution is 2.60. The topological polar surface area (TPSA) is 55.7 Å². The van der Waals surface area contributed by atoms with E-state index < -0.39 is 9.24 Å². The van der Waals surface area contributed by atoms with Gasteiger partial charge in [0.25, 0.3) is 0 Å². The lowest BCUT2D eigenvalue weighted by molar-refractivity contribution is -0.0324. The number of hydrogen-bond acceptors (Lipinski definition) is 3. The molecule has 0 bridgehead atoms. The van der Waals surface area contributed by atoms with Crippen LogP contribution in [-0.2, 0) is 25.8 Å². The molecule has 4 rings (SSSR count). The molecule has 0 N–H and O–H groups in total. The maximum absolute atomic E-state index is 11.3. The van der Waals surface area contributed by atoms with Crippen LogP contribution in [0.3, 0.4) is 0 Å². The minimum atomic E-state index is -3.94. The fourth-order valence-corrected chi connectivity index (χ4v) is 5.40. The van der Waals surface area contributed by atoms with Crippen molar-refractivity contribution in [2.75, 3.05) is 0 Å². The average molecular weight is 340 g/mol. The van der Waals surface area contributed by atoms with Crippen LogP contribution in [0.4, 0.5) is 0 Å². The molecule has 0 spiro atoms. The van der Waals surface area contributed by atoms with Crippen LogP contribution in [0.2, 0.25) is 0 Å². The molecule has 2 atom stereocenters. The fourth-order valence-electron chi connectivity index (χ4n) is 4.83. The fraction of sp³-hybridized carbons (Fsp3) is 0.562. The van der Waals surface area contributed by atoms with E-state index in [1.807, 2.05) is 0 Å². The molecule has 0 unspecified atom stereocenters. The second-order valence-electron chi connectivity index (χ2n) is 6.62. The number of nitrogens with zero attached hydrogens (tertiary/aromatic N) is 1. The molecule has 1 aromatic rings. The molecule has 1 saturated carbocycles. The van der Waals surface area contributed by atoms with Gasteiger partial charge in [0.15, 0.2) is 0 Å². The molecule has 1 saturated heterocycles. The minimum absolute atomic E-state index is 0.138. The summed E-state index contributed by atoms with van der Waals surface area (Å²) in [5.74, 6) is 0.286. The molecule has 22 heavy (non-hydrogen) atoms. The van der Waals surface area contributed by atoms with Gasteiger partial charge in [-0.3, -0.25) is 0 Å². The number of halogens is 1. The standard InChI is InChI=1S/C16H18ClNO3S/c17-22(19,20)18-14-11-15-8-3-4-9-16(15,21-14)10-7-12-5-1-2-6-13(12)15/h1-2,5-6H,3-4,7-11H2/t15-,16+/m0/s1. The summed E-state index contributed by atoms with van der Waals surface area (Å²) in [7, 11) is 1.37. The highest BCUT2D eigenvalue weighted by molar-refractivity contribution is 8.12. The highest BCUT2D eigenvalue weighted by atomic mass is 35.7. The van der Waals surface area contributed by atoms with Crippen LogP contribution < -0.4 is 0 Å². The van der Waals surface area contributed by atoms with Gasteiger partial charge in [-0.2, -0.15) is 8.42 Å². The number of hydrogen-bond donors (Lipinski definition) is 0. The molecular formula is C16H18ClNO3S. The Hall–Kier alpha value is -1.07. The Morgan fingerprint density at radius 1 is 1.14 bits per heavy atom. The zero-order chi connectivity index (χ0) is 15.4. The molecule has 1 heterocycles. The van der Waals surface area contributed by atoms with Crippen molar-refractivity contribution in [2.24, 2.45) is 4.40 Å². The first-order valence-corrected chi connectivity index (χ1v) is 10.0. The summed E-state index contributed by atoms with van der Waals surface area (Å²) in [4.78, 5) is 0. The van der Waals surface area contributed by atoms with Crippen molar-refractivity contribution in [3.05, 3.63) is 35.4 Å². The maximum atomic E-state index is 11.3. The van der Waals surface area contributed by atoms with Crippen LogP contribution in [0.25, 0.3) is 0 Å². The summed E-state index contributed by atoms with van der Waals surface area (Å²) in [6, 6.07) is 8.48. The Balaban J connectivity index is 1.89. The van der Waals surface area contributed by atoms with Gasteiger partial charge in [-0.15, -0.1) is 4.40 Å². The van der Waals surface area contributed by atoms with E-state index in [9.17, 15) is 8.42 Å². The van der Waals surface area contributed by atoms with Gasteiger partial charge in [0.05, 0.1) is 0 Å². The normalized spacial score (nSPS) is 35.4. The molecule has 3 aliphatic rings. The van der Waals surface area contributed by atoms with Crippen molar-refractivity contribution in [1.29, 1.82) is 0 Å². The van der Waals surface area contributed by atoms with Crippen molar-refractivity contribution >= 4 is 25.8 Å². The molecule has 1 aliphatic heterocycles. The summed E-state index contributed by atoms with van der Waals surface area (Å²) in [5.41, 5.74) is 2.23. The largest absolute Gasteiger partial charge is 0.473 e. The third-order valence-electron chi connectivity index (χ3n) is 5.61. The second kappa shape index (κ2) is 4.71. The van der Waals surface area contributed by atoms with Crippen molar-refractivity contribution in [3.8, 4) is 0 Å². The summed E-state index contributed by atoms with van der Waals surface area (Å²) in [6.07, 6.45) is 6.67. The first kappa shape index (κ1) is 14.5. The second-order valence-corrected chi connectivity index (χ2v) is 8.79. The van der Waals surface area contributed by atoms with Crippen LogP contribution in [0.1, 0.15) is 49.7 Å². The van der Waals surface area contributed by atoms with E-state index in [4.69, 9.17) is 15.4 Å². The first-order valence-electron chi connectivity index (χ1n) is 7.75. The monoisotopic (exact) mass is 339 g/mol. The van der Waals surface area contributed by atoms with Gasteiger partial charge in [-0.1, -0.05) is 30.7 Å². The summed E-state index contributed by atoms with van der Waals surface area (Å²) in [5, 5.41) is 0. The number of aryl methyl sites for hydroxylation is 1. The minimum Gasteiger partial charge on any atom is -0.473 e. The van der Waals surface area contributed by atoms with Gasteiger partial charge < -0.3 is 4.74 Å². The molecule has 2 aliphatic carbocycles. The van der Waals surface area contributed by atoms with E-state index in [-0.39, 0.29) is 16.9 Å². The molecule has 4 nitrogen and oxygen atoms in total. The van der Waals surface area contributed by atoms with E-state index in [1.54, 1.807) is 0 Å². The summed E-state index contributed by atoms with van der Waals surface area (Å²) in [6.45, 7) is 0. The van der Waals surface area contributed by atoms with Gasteiger partial charge >= 0.3 is 9.24 Å². The van der Waals surface area contributed by atoms with E-state index in [1.165, 1.54) is 11.1 Å². The van der Waals surface area contributed by atoms with Crippen LogP contribution in [-0.4, -0.2) is 19.9 Å². The van der Waals surface area contributed by atoms with Gasteiger partial charge in [-0.05, 0) is 43.2 Å². The molecule has 6 heteroatoms. The molecule has 0 radical (unpaired) electrons. The molecule has 118 valence electrons. The van der Waals surface area contributed by atoms with Gasteiger partial charge in [-0.25, -0.2) is 0 Å². The Morgan fingerprint density at radius 3 is 2.73 bits per heavy atom. The lowest BCUT2D eigenvalue weighted by Gasteiger charge is -2.51. The number of ether oxygens (including phenoxy) is 1. The number of benzene rings is 1. The average Bonchev–Trinajstić information content (AvgIpc) is 2.79. The zero-order valence-corrected chi connectivity index (χ0v) is 13.8. The van der Waals surface area contributed by atoms with Crippen molar-refractivity contribution < 1.29 is 13.2 Å². The molecular weight excluding hydrogens is 322 g/mol. The Kier molecular flexibility index (Phi) is 3.11. The van der Waals surface area contributed by atoms with Crippen molar-refractivity contribution in [3.63, 3.8) is 0 Å². The number of fused-ring (bicyclic) bond motifs is 1. The Bertz CT molecular complexity index is 760. The smallest absolute Gasteiger partial charge is 0.342 e. The molecule has 0 aromatic heterocycles. The van der Waals surface area contributed by atoms with Crippen molar-refractivity contribution in [1.82, 2.24) is 0 Å². The quantitative estimate of drug-likeness (QED) is 0.736. The van der Waals surface area contributed by atoms with E-state index in [0.29, 0.717) is 6.42 Å². The summed E-state index contributed by atoms with van der Waals surface area (Å²) >= 11 is 0. The van der Waals surface area contributed by atoms with Gasteiger partial charge in [0, 0.05) is 22.5 Å². The van der Waals surface area contributed by atoms with Gasteiger partial charge in [0.2, 0.25) is 5.90 Å². The van der Waals surface area contributed by atoms with Crippen molar-refractivity contribution in [2.45, 2.75) is 56.0 Å². The van der Waals surface area contributed by atoms with Crippen LogP contribution in [0.5, 0.6) is 0 Å². The molecule has 2 fully saturated rings. The summed E-state index contributed by atoms with van der Waals surface area (Å²) < 4.78 is 32.5. The van der Waals surface area contributed by atoms with E-state index in [2.05, 4.69) is 28.7 Å². The highest BCUT2D eigenvalue weighted by Gasteiger charge is 2.63. The molecule has 0 amide bonds. The lowest BCUT2D eigenvalue weighted by atomic mass is 9.54. The third-order valence-corrected chi connectivity index (χ3v) is 6.24. The molecule has 1 aromatic carbocycles. The number of rotatable bonds is 1. The van der Waals surface area contributed by atoms with Crippen LogP contribution in [0, 0.1) is 0 Å². The first-order chi connectivity index (χ1) is 10.4. The Labute approximate surface area is 135 Å². The van der Waals surface area contributed by atoms with E-state index >= 15 is 0 Å². The van der Waals surface area contributed by atoms with Crippen LogP contribution >= 0.6 is 10.7 Å². The zero-order valence-electron chi connectivity index (χ0n) is 12.2. The maximum Gasteiger partial charge on any atom is 0.342 e. The predicted molar refractivity (Wildman–Crippen MR) is 85.5 cm³/mol. The third kappa shape index (κ3) is 2.02. The lowest BCUT2D eigenvalue weighted by Crippen LogP contribution is -2.53. The predicted octanol–water partition coefficient (Wildman–Crippen LogP) is 3.49.